The number of hydrogen-bond donors (Lipinski definition) is 1. The van der Waals surface area contributed by atoms with Gasteiger partial charge in [0.25, 0.3) is 5.56 Å². The molecule has 2 rings (SSSR count). The minimum absolute atomic E-state index is 0.378. The van der Waals surface area contributed by atoms with Crippen LogP contribution in [0.4, 0.5) is 0 Å². The van der Waals surface area contributed by atoms with Crippen molar-refractivity contribution in [3.8, 4) is 22.6 Å². The summed E-state index contributed by atoms with van der Waals surface area (Å²) in [7, 11) is -1.55. The van der Waals surface area contributed by atoms with Gasteiger partial charge < -0.3 is 9.67 Å². The van der Waals surface area contributed by atoms with Crippen molar-refractivity contribution in [1.82, 2.24) is 4.57 Å². The monoisotopic (exact) mass is 373 g/mol. The van der Waals surface area contributed by atoms with Crippen molar-refractivity contribution < 1.29 is 9.90 Å². The second kappa shape index (κ2) is 7.30. The Hall–Kier alpha value is -2.29. The standard InChI is InChI=1S/C19H20ClNO3Si/c1-13(19(23)24)21-9-7-15(11-18(21)22)17-12-16(20)6-5-14(17)8-10-25(2,3)4/h5-7,9,11-13H,1-4H3,(H,23,24). The molecule has 0 bridgehead atoms. The third-order valence-corrected chi connectivity index (χ3v) is 4.70. The molecule has 1 atom stereocenters. The SMILES string of the molecule is CC(C(=O)O)n1ccc(-c2cc(Cl)ccc2C#C[Si](C)(C)C)cc1=O. The first-order chi connectivity index (χ1) is 11.6. The number of benzene rings is 1. The number of aliphatic carboxylic acids is 1. The first-order valence-corrected chi connectivity index (χ1v) is 11.7. The lowest BCUT2D eigenvalue weighted by molar-refractivity contribution is -0.140. The number of hydrogen-bond acceptors (Lipinski definition) is 2. The molecule has 0 saturated heterocycles. The highest BCUT2D eigenvalue weighted by Gasteiger charge is 2.15. The molecular formula is C19H20ClNO3Si. The van der Waals surface area contributed by atoms with E-state index in [4.69, 9.17) is 16.7 Å². The largest absolute Gasteiger partial charge is 0.480 e. The van der Waals surface area contributed by atoms with Gasteiger partial charge in [-0.25, -0.2) is 4.79 Å². The van der Waals surface area contributed by atoms with E-state index in [1.807, 2.05) is 6.07 Å². The summed E-state index contributed by atoms with van der Waals surface area (Å²) in [5.74, 6) is 2.15. The van der Waals surface area contributed by atoms with E-state index in [-0.39, 0.29) is 5.56 Å². The van der Waals surface area contributed by atoms with Crippen molar-refractivity contribution in [2.24, 2.45) is 0 Å². The smallest absolute Gasteiger partial charge is 0.326 e. The summed E-state index contributed by atoms with van der Waals surface area (Å²) < 4.78 is 1.18. The van der Waals surface area contributed by atoms with Gasteiger partial charge in [0.1, 0.15) is 14.1 Å². The summed E-state index contributed by atoms with van der Waals surface area (Å²) in [6.07, 6.45) is 1.49. The average molecular weight is 374 g/mol. The molecule has 1 aromatic carbocycles. The zero-order valence-corrected chi connectivity index (χ0v) is 16.4. The highest BCUT2D eigenvalue weighted by Crippen LogP contribution is 2.26. The van der Waals surface area contributed by atoms with Crippen LogP contribution in [0.25, 0.3) is 11.1 Å². The van der Waals surface area contributed by atoms with Gasteiger partial charge in [0.2, 0.25) is 0 Å². The Morgan fingerprint density at radius 1 is 1.24 bits per heavy atom. The molecule has 1 aromatic heterocycles. The molecule has 0 saturated carbocycles. The second-order valence-corrected chi connectivity index (χ2v) is 12.1. The summed E-state index contributed by atoms with van der Waals surface area (Å²) >= 11 is 6.12. The van der Waals surface area contributed by atoms with Crippen LogP contribution in [0.1, 0.15) is 18.5 Å². The number of aromatic nitrogens is 1. The fourth-order valence-corrected chi connectivity index (χ4v) is 2.90. The Kier molecular flexibility index (Phi) is 5.56. The summed E-state index contributed by atoms with van der Waals surface area (Å²) in [6.45, 7) is 7.94. The molecule has 0 spiro atoms. The zero-order valence-electron chi connectivity index (χ0n) is 14.6. The van der Waals surface area contributed by atoms with E-state index in [9.17, 15) is 9.59 Å². The van der Waals surface area contributed by atoms with E-state index in [0.29, 0.717) is 10.6 Å². The lowest BCUT2D eigenvalue weighted by Crippen LogP contribution is -2.26. The molecule has 25 heavy (non-hydrogen) atoms. The van der Waals surface area contributed by atoms with Crippen LogP contribution in [0.2, 0.25) is 24.7 Å². The molecule has 0 fully saturated rings. The molecule has 0 amide bonds. The zero-order chi connectivity index (χ0) is 18.8. The van der Waals surface area contributed by atoms with E-state index in [1.54, 1.807) is 18.2 Å². The molecule has 4 nitrogen and oxygen atoms in total. The van der Waals surface area contributed by atoms with E-state index in [1.165, 1.54) is 23.8 Å². The van der Waals surface area contributed by atoms with Crippen LogP contribution in [0.3, 0.4) is 0 Å². The molecule has 130 valence electrons. The van der Waals surface area contributed by atoms with Crippen molar-refractivity contribution in [2.45, 2.75) is 32.6 Å². The van der Waals surface area contributed by atoms with Crippen LogP contribution in [-0.2, 0) is 4.79 Å². The third kappa shape index (κ3) is 4.85. The van der Waals surface area contributed by atoms with Gasteiger partial charge in [0.05, 0.1) is 0 Å². The quantitative estimate of drug-likeness (QED) is 0.652. The molecule has 1 unspecified atom stereocenters. The van der Waals surface area contributed by atoms with Crippen LogP contribution in [0.5, 0.6) is 0 Å². The topological polar surface area (TPSA) is 59.3 Å². The van der Waals surface area contributed by atoms with Crippen LogP contribution >= 0.6 is 11.6 Å². The Balaban J connectivity index is 2.57. The van der Waals surface area contributed by atoms with Gasteiger partial charge >= 0.3 is 5.97 Å². The highest BCUT2D eigenvalue weighted by atomic mass is 35.5. The number of carbonyl (C=O) groups is 1. The Bertz CT molecular complexity index is 932. The number of rotatable bonds is 3. The number of halogens is 1. The first-order valence-electron chi connectivity index (χ1n) is 7.86. The van der Waals surface area contributed by atoms with Gasteiger partial charge in [-0.2, -0.15) is 0 Å². The molecule has 0 aliphatic carbocycles. The highest BCUT2D eigenvalue weighted by molar-refractivity contribution is 6.83. The predicted molar refractivity (Wildman–Crippen MR) is 104 cm³/mol. The fraction of sp³-hybridized carbons (Fsp3) is 0.263. The van der Waals surface area contributed by atoms with Gasteiger partial charge in [0, 0.05) is 22.8 Å². The lowest BCUT2D eigenvalue weighted by Gasteiger charge is -2.12. The Morgan fingerprint density at radius 2 is 1.92 bits per heavy atom. The molecule has 0 radical (unpaired) electrons. The van der Waals surface area contributed by atoms with Gasteiger partial charge in [0.15, 0.2) is 0 Å². The van der Waals surface area contributed by atoms with Gasteiger partial charge in [-0.05, 0) is 42.3 Å². The molecule has 1 N–H and O–H groups in total. The molecule has 0 aliphatic heterocycles. The molecule has 6 heteroatoms. The number of carboxylic acid groups (broad SMARTS) is 1. The Labute approximate surface area is 153 Å². The van der Waals surface area contributed by atoms with E-state index in [0.717, 1.165) is 11.1 Å². The number of nitrogens with zero attached hydrogens (tertiary/aromatic N) is 1. The van der Waals surface area contributed by atoms with Crippen LogP contribution in [0, 0.1) is 11.5 Å². The third-order valence-electron chi connectivity index (χ3n) is 3.59. The minimum Gasteiger partial charge on any atom is -0.480 e. The van der Waals surface area contributed by atoms with Crippen molar-refractivity contribution in [3.05, 3.63) is 57.5 Å². The van der Waals surface area contributed by atoms with Crippen LogP contribution in [-0.4, -0.2) is 23.7 Å². The fourth-order valence-electron chi connectivity index (χ4n) is 2.22. The number of pyridine rings is 1. The first kappa shape index (κ1) is 19.0. The second-order valence-electron chi connectivity index (χ2n) is 6.87. The van der Waals surface area contributed by atoms with Crippen molar-refractivity contribution >= 4 is 25.6 Å². The van der Waals surface area contributed by atoms with Gasteiger partial charge in [-0.3, -0.25) is 4.79 Å². The summed E-state index contributed by atoms with van der Waals surface area (Å²) in [4.78, 5) is 23.4. The predicted octanol–water partition coefficient (Wildman–Crippen LogP) is 4.04. The van der Waals surface area contributed by atoms with E-state index < -0.39 is 20.1 Å². The van der Waals surface area contributed by atoms with E-state index >= 15 is 0 Å². The summed E-state index contributed by atoms with van der Waals surface area (Å²) in [5.41, 5.74) is 5.17. The van der Waals surface area contributed by atoms with Gasteiger partial charge in [-0.1, -0.05) is 37.2 Å². The van der Waals surface area contributed by atoms with Crippen molar-refractivity contribution in [2.75, 3.05) is 0 Å². The maximum absolute atomic E-state index is 12.3. The molecule has 2 aromatic rings. The minimum atomic E-state index is -1.55. The Morgan fingerprint density at radius 3 is 2.48 bits per heavy atom. The van der Waals surface area contributed by atoms with Crippen molar-refractivity contribution in [3.63, 3.8) is 0 Å². The summed E-state index contributed by atoms with van der Waals surface area (Å²) in [5, 5.41) is 9.63. The molecule has 1 heterocycles. The lowest BCUT2D eigenvalue weighted by atomic mass is 10.0. The van der Waals surface area contributed by atoms with E-state index in [2.05, 4.69) is 31.1 Å². The summed E-state index contributed by atoms with van der Waals surface area (Å²) in [6, 6.07) is 7.60. The maximum Gasteiger partial charge on any atom is 0.326 e. The number of carboxylic acids is 1. The van der Waals surface area contributed by atoms with Gasteiger partial charge in [-0.15, -0.1) is 5.54 Å². The average Bonchev–Trinajstić information content (AvgIpc) is 2.52. The van der Waals surface area contributed by atoms with Crippen LogP contribution in [0.15, 0.2) is 41.3 Å². The molecule has 0 aliphatic rings. The molecular weight excluding hydrogens is 354 g/mol. The van der Waals surface area contributed by atoms with Crippen LogP contribution < -0.4 is 5.56 Å². The normalized spacial score (nSPS) is 12.2. The van der Waals surface area contributed by atoms with Crippen molar-refractivity contribution in [1.29, 1.82) is 0 Å². The maximum atomic E-state index is 12.3.